The van der Waals surface area contributed by atoms with Crippen molar-refractivity contribution in [3.8, 4) is 0 Å². The van der Waals surface area contributed by atoms with Crippen LogP contribution in [0.15, 0.2) is 0 Å². The van der Waals surface area contributed by atoms with Crippen LogP contribution in [0.5, 0.6) is 0 Å². The molecule has 2 saturated carbocycles. The lowest BCUT2D eigenvalue weighted by molar-refractivity contribution is -0.138. The van der Waals surface area contributed by atoms with Crippen molar-refractivity contribution in [1.29, 1.82) is 0 Å². The van der Waals surface area contributed by atoms with Crippen LogP contribution in [0.1, 0.15) is 46.0 Å². The fourth-order valence-corrected chi connectivity index (χ4v) is 3.38. The highest BCUT2D eigenvalue weighted by molar-refractivity contribution is 5.79. The number of aliphatic hydroxyl groups is 1. The summed E-state index contributed by atoms with van der Waals surface area (Å²) in [5.41, 5.74) is 0.171. The molecule has 0 aromatic heterocycles. The van der Waals surface area contributed by atoms with Gasteiger partial charge in [0.15, 0.2) is 0 Å². The topological polar surface area (TPSA) is 40.5 Å². The Kier molecular flexibility index (Phi) is 3.48. The molecule has 2 aliphatic carbocycles. The molecule has 2 fully saturated rings. The summed E-state index contributed by atoms with van der Waals surface area (Å²) in [5.74, 6) is 1.04. The van der Waals surface area contributed by atoms with E-state index in [1.165, 1.54) is 12.8 Å². The first-order valence-electron chi connectivity index (χ1n) is 6.83. The Balaban J connectivity index is 1.86. The molecule has 2 aliphatic rings. The van der Waals surface area contributed by atoms with E-state index in [0.717, 1.165) is 25.8 Å². The largest absolute Gasteiger partial charge is 0.393 e. The third-order valence-electron chi connectivity index (χ3n) is 4.67. The Morgan fingerprint density at radius 2 is 2.06 bits per heavy atom. The molecule has 0 aromatic carbocycles. The van der Waals surface area contributed by atoms with Crippen LogP contribution in [0.3, 0.4) is 0 Å². The van der Waals surface area contributed by atoms with Gasteiger partial charge in [-0.25, -0.2) is 0 Å². The lowest BCUT2D eigenvalue weighted by atomic mass is 9.79. The van der Waals surface area contributed by atoms with Gasteiger partial charge in [-0.15, -0.1) is 0 Å². The summed E-state index contributed by atoms with van der Waals surface area (Å²) in [6.45, 7) is 5.25. The molecule has 1 amide bonds. The Morgan fingerprint density at radius 3 is 2.53 bits per heavy atom. The minimum Gasteiger partial charge on any atom is -0.393 e. The highest BCUT2D eigenvalue weighted by atomic mass is 16.3. The fraction of sp³-hybridized carbons (Fsp3) is 0.929. The zero-order valence-corrected chi connectivity index (χ0v) is 11.3. The highest BCUT2D eigenvalue weighted by Crippen LogP contribution is 2.43. The third-order valence-corrected chi connectivity index (χ3v) is 4.67. The van der Waals surface area contributed by atoms with E-state index in [4.69, 9.17) is 0 Å². The van der Waals surface area contributed by atoms with Crippen molar-refractivity contribution >= 4 is 5.91 Å². The van der Waals surface area contributed by atoms with Crippen molar-refractivity contribution in [3.63, 3.8) is 0 Å². The van der Waals surface area contributed by atoms with Gasteiger partial charge in [0.1, 0.15) is 0 Å². The van der Waals surface area contributed by atoms with Gasteiger partial charge in [0.25, 0.3) is 0 Å². The molecule has 1 atom stereocenters. The molecular weight excluding hydrogens is 214 g/mol. The van der Waals surface area contributed by atoms with Gasteiger partial charge >= 0.3 is 0 Å². The number of aliphatic hydroxyl groups excluding tert-OH is 1. The zero-order chi connectivity index (χ0) is 12.6. The first kappa shape index (κ1) is 12.9. The van der Waals surface area contributed by atoms with Gasteiger partial charge in [0.05, 0.1) is 6.10 Å². The summed E-state index contributed by atoms with van der Waals surface area (Å²) in [5, 5.41) is 9.26. The van der Waals surface area contributed by atoms with Crippen molar-refractivity contribution in [3.05, 3.63) is 0 Å². The second-order valence-electron chi connectivity index (χ2n) is 6.64. The summed E-state index contributed by atoms with van der Waals surface area (Å²) in [6, 6.07) is 0. The maximum atomic E-state index is 12.4. The molecule has 98 valence electrons. The van der Waals surface area contributed by atoms with E-state index in [2.05, 4.69) is 13.8 Å². The van der Waals surface area contributed by atoms with Crippen LogP contribution < -0.4 is 0 Å². The molecule has 17 heavy (non-hydrogen) atoms. The van der Waals surface area contributed by atoms with Gasteiger partial charge in [0, 0.05) is 19.5 Å². The minimum atomic E-state index is -0.119. The molecule has 0 aliphatic heterocycles. The molecule has 0 spiro atoms. The number of rotatable bonds is 3. The van der Waals surface area contributed by atoms with Crippen molar-refractivity contribution in [2.24, 2.45) is 17.3 Å². The predicted molar refractivity (Wildman–Crippen MR) is 67.5 cm³/mol. The Hall–Kier alpha value is -0.570. The number of hydrogen-bond donors (Lipinski definition) is 1. The average Bonchev–Trinajstić information content (AvgIpc) is 2.54. The molecule has 0 saturated heterocycles. The quantitative estimate of drug-likeness (QED) is 0.819. The second-order valence-corrected chi connectivity index (χ2v) is 6.64. The summed E-state index contributed by atoms with van der Waals surface area (Å²) in [4.78, 5) is 14.3. The van der Waals surface area contributed by atoms with Gasteiger partial charge in [-0.3, -0.25) is 4.79 Å². The lowest BCUT2D eigenvalue weighted by Gasteiger charge is -2.36. The van der Waals surface area contributed by atoms with Crippen molar-refractivity contribution in [2.75, 3.05) is 13.6 Å². The van der Waals surface area contributed by atoms with Gasteiger partial charge < -0.3 is 10.0 Å². The molecule has 3 heteroatoms. The molecule has 0 aromatic rings. The number of carbonyl (C=O) groups excluding carboxylic acids is 1. The second kappa shape index (κ2) is 4.60. The highest BCUT2D eigenvalue weighted by Gasteiger charge is 2.41. The molecular formula is C14H25NO2. The van der Waals surface area contributed by atoms with Crippen LogP contribution >= 0.6 is 0 Å². The first-order chi connectivity index (χ1) is 7.90. The van der Waals surface area contributed by atoms with E-state index in [1.807, 2.05) is 11.9 Å². The maximum Gasteiger partial charge on any atom is 0.225 e. The number of nitrogens with zero attached hydrogens (tertiary/aromatic N) is 1. The number of hydrogen-bond acceptors (Lipinski definition) is 2. The molecule has 1 unspecified atom stereocenters. The number of carbonyl (C=O) groups is 1. The number of amides is 1. The average molecular weight is 239 g/mol. The van der Waals surface area contributed by atoms with Crippen LogP contribution in [0, 0.1) is 17.3 Å². The zero-order valence-electron chi connectivity index (χ0n) is 11.3. The monoisotopic (exact) mass is 239 g/mol. The maximum absolute atomic E-state index is 12.4. The SMILES string of the molecule is CN(CC1CC(O)C1)C(=O)C1CCCC1(C)C. The van der Waals surface area contributed by atoms with Crippen LogP contribution in [-0.4, -0.2) is 35.6 Å². The van der Waals surface area contributed by atoms with Crippen LogP contribution in [0.4, 0.5) is 0 Å². The summed E-state index contributed by atoms with van der Waals surface area (Å²) in [6.07, 6.45) is 5.01. The normalized spacial score (nSPS) is 35.4. The summed E-state index contributed by atoms with van der Waals surface area (Å²) >= 11 is 0. The van der Waals surface area contributed by atoms with E-state index in [0.29, 0.717) is 11.8 Å². The van der Waals surface area contributed by atoms with Crippen molar-refractivity contribution in [1.82, 2.24) is 4.90 Å². The van der Waals surface area contributed by atoms with Crippen LogP contribution in [0.2, 0.25) is 0 Å². The van der Waals surface area contributed by atoms with Crippen molar-refractivity contribution < 1.29 is 9.90 Å². The summed E-state index contributed by atoms with van der Waals surface area (Å²) in [7, 11) is 1.92. The smallest absolute Gasteiger partial charge is 0.225 e. The van der Waals surface area contributed by atoms with E-state index in [9.17, 15) is 9.90 Å². The fourth-order valence-electron chi connectivity index (χ4n) is 3.38. The Morgan fingerprint density at radius 1 is 1.41 bits per heavy atom. The van der Waals surface area contributed by atoms with Gasteiger partial charge in [-0.05, 0) is 37.0 Å². The van der Waals surface area contributed by atoms with E-state index >= 15 is 0 Å². The van der Waals surface area contributed by atoms with E-state index in [1.54, 1.807) is 0 Å². The van der Waals surface area contributed by atoms with Crippen LogP contribution in [-0.2, 0) is 4.79 Å². The Bertz CT molecular complexity index is 295. The molecule has 2 rings (SSSR count). The third kappa shape index (κ3) is 2.65. The van der Waals surface area contributed by atoms with Crippen LogP contribution in [0.25, 0.3) is 0 Å². The van der Waals surface area contributed by atoms with E-state index < -0.39 is 0 Å². The minimum absolute atomic E-state index is 0.119. The first-order valence-corrected chi connectivity index (χ1v) is 6.83. The Labute approximate surface area is 104 Å². The summed E-state index contributed by atoms with van der Waals surface area (Å²) < 4.78 is 0. The van der Waals surface area contributed by atoms with Gasteiger partial charge in [0.2, 0.25) is 5.91 Å². The molecule has 1 N–H and O–H groups in total. The van der Waals surface area contributed by atoms with Gasteiger partial charge in [-0.1, -0.05) is 20.3 Å². The molecule has 0 heterocycles. The molecule has 0 radical (unpaired) electrons. The lowest BCUT2D eigenvalue weighted by Crippen LogP contribution is -2.43. The van der Waals surface area contributed by atoms with E-state index in [-0.39, 0.29) is 17.4 Å². The van der Waals surface area contributed by atoms with Gasteiger partial charge in [-0.2, -0.15) is 0 Å². The molecule has 0 bridgehead atoms. The predicted octanol–water partition coefficient (Wildman–Crippen LogP) is 2.04. The molecule has 3 nitrogen and oxygen atoms in total. The van der Waals surface area contributed by atoms with Crippen molar-refractivity contribution in [2.45, 2.75) is 52.1 Å². The standard InChI is InChI=1S/C14H25NO2/c1-14(2)6-4-5-12(14)13(17)15(3)9-10-7-11(16)8-10/h10-12,16H,4-9H2,1-3H3.